The first-order valence-electron chi connectivity index (χ1n) is 18.4. The Morgan fingerprint density at radius 2 is 1.34 bits per heavy atom. The maximum absolute atomic E-state index is 13.8. The summed E-state index contributed by atoms with van der Waals surface area (Å²) in [5, 5.41) is 6.56. The molecule has 3 atom stereocenters. The van der Waals surface area contributed by atoms with Gasteiger partial charge in [0.2, 0.25) is 5.91 Å². The quantitative estimate of drug-likeness (QED) is 0.153. The molecule has 0 bridgehead atoms. The number of aliphatic imine (C=N–C) groups is 1. The Kier molecular flexibility index (Phi) is 9.95. The predicted molar refractivity (Wildman–Crippen MR) is 201 cm³/mol. The van der Waals surface area contributed by atoms with Crippen LogP contribution in [0.5, 0.6) is 0 Å². The van der Waals surface area contributed by atoms with Crippen molar-refractivity contribution in [3.05, 3.63) is 72.6 Å². The molecule has 2 fully saturated rings. The third-order valence-corrected chi connectivity index (χ3v) is 10.4. The number of carbonyl (C=O) groups is 3. The van der Waals surface area contributed by atoms with Crippen LogP contribution in [-0.2, 0) is 14.3 Å². The third-order valence-electron chi connectivity index (χ3n) is 10.4. The first-order chi connectivity index (χ1) is 25.5. The van der Waals surface area contributed by atoms with E-state index in [0.29, 0.717) is 31.4 Å². The highest BCUT2D eigenvalue weighted by atomic mass is 16.6. The number of hydrogen-bond acceptors (Lipinski definition) is 9. The molecule has 4 aromatic rings. The molecule has 14 heteroatoms. The molecule has 2 aromatic carbocycles. The van der Waals surface area contributed by atoms with E-state index in [2.05, 4.69) is 93.0 Å². The zero-order valence-electron chi connectivity index (χ0n) is 30.7. The molecule has 14 nitrogen and oxygen atoms in total. The number of H-pyrrole nitrogens is 2. The Labute approximate surface area is 309 Å². The molecule has 3 aliphatic rings. The van der Waals surface area contributed by atoms with Crippen molar-refractivity contribution in [2.24, 2.45) is 16.6 Å². The summed E-state index contributed by atoms with van der Waals surface area (Å²) in [5.41, 5.74) is 9.73. The molecule has 3 amide bonds. The van der Waals surface area contributed by atoms with E-state index in [9.17, 15) is 14.4 Å². The molecule has 2 saturated heterocycles. The monoisotopic (exact) mass is 720 g/mol. The number of likely N-dealkylation sites (tertiary alicyclic amines) is 2. The number of rotatable bonds is 10. The lowest BCUT2D eigenvalue weighted by molar-refractivity contribution is -0.149. The summed E-state index contributed by atoms with van der Waals surface area (Å²) in [6.45, 7) is 9.96. The number of benzene rings is 2. The van der Waals surface area contributed by atoms with Crippen LogP contribution in [0.15, 0.2) is 65.9 Å². The van der Waals surface area contributed by atoms with Crippen molar-refractivity contribution in [1.82, 2.24) is 40.4 Å². The van der Waals surface area contributed by atoms with E-state index in [4.69, 9.17) is 15.5 Å². The lowest BCUT2D eigenvalue weighted by Gasteiger charge is -2.31. The zero-order valence-corrected chi connectivity index (χ0v) is 30.7. The summed E-state index contributed by atoms with van der Waals surface area (Å²) >= 11 is 0. The van der Waals surface area contributed by atoms with Crippen LogP contribution >= 0.6 is 0 Å². The number of carbonyl (C=O) groups excluding carboxylic acids is 3. The molecule has 7 rings (SSSR count). The molecule has 0 radical (unpaired) electrons. The molecule has 278 valence electrons. The van der Waals surface area contributed by atoms with Crippen LogP contribution in [0, 0.1) is 5.92 Å². The normalized spacial score (nSPS) is 19.3. The van der Waals surface area contributed by atoms with Crippen molar-refractivity contribution in [3.63, 3.8) is 0 Å². The van der Waals surface area contributed by atoms with Gasteiger partial charge in [-0.2, -0.15) is 0 Å². The summed E-state index contributed by atoms with van der Waals surface area (Å²) in [6.07, 6.45) is 6.02. The third kappa shape index (κ3) is 7.48. The van der Waals surface area contributed by atoms with Gasteiger partial charge < -0.3 is 40.9 Å². The first kappa shape index (κ1) is 35.7. The number of nitrogens with zero attached hydrogens (tertiary/aromatic N) is 5. The zero-order chi connectivity index (χ0) is 37.3. The second-order valence-corrected chi connectivity index (χ2v) is 14.8. The molecule has 6 N–H and O–H groups in total. The van der Waals surface area contributed by atoms with Gasteiger partial charge in [0.25, 0.3) is 5.91 Å². The van der Waals surface area contributed by atoms with E-state index >= 15 is 0 Å². The number of nitrogens with two attached hydrogens (primary N) is 1. The molecular formula is C39H48N10O4. The largest absolute Gasteiger partial charge is 0.434 e. The number of ether oxygens (including phenoxy) is 1. The van der Waals surface area contributed by atoms with E-state index < -0.39 is 11.7 Å². The van der Waals surface area contributed by atoms with Crippen LogP contribution in [0.2, 0.25) is 0 Å². The minimum absolute atomic E-state index is 0.0746. The fraction of sp³-hybridized carbons (Fsp3) is 0.436. The molecule has 0 saturated carbocycles. The molecule has 53 heavy (non-hydrogen) atoms. The van der Waals surface area contributed by atoms with Crippen molar-refractivity contribution < 1.29 is 19.1 Å². The Hall–Kier alpha value is -5.66. The van der Waals surface area contributed by atoms with Crippen LogP contribution in [0.25, 0.3) is 33.6 Å². The number of amides is 3. The van der Waals surface area contributed by atoms with Gasteiger partial charge in [0.1, 0.15) is 17.7 Å². The maximum Gasteiger partial charge on any atom is 0.405 e. The summed E-state index contributed by atoms with van der Waals surface area (Å²) in [5.74, 6) is 2.07. The van der Waals surface area contributed by atoms with Gasteiger partial charge in [0, 0.05) is 19.6 Å². The lowest BCUT2D eigenvalue weighted by atomic mass is 10.0. The fourth-order valence-corrected chi connectivity index (χ4v) is 7.57. The first-order valence-corrected chi connectivity index (χ1v) is 18.4. The van der Waals surface area contributed by atoms with Crippen molar-refractivity contribution in [2.75, 3.05) is 26.2 Å². The second kappa shape index (κ2) is 14.8. The standard InChI is InChI=1S/C39H48N10O4/c1-23(2)32(47-38-41-17-18-42-38)35(50)48-19-5-7-30(48)33-43-21-28(45-33)26-13-9-24(10-14-26)25-11-15-27(16-12-25)29-22-44-34(46-29)31-8-6-20-49(31)36(51)39(3,4)53-37(40)52/h9-16,21-23,30-32H,5-8,17-20H2,1-4H3,(H2,40,52)(H,43,45)(H,44,46)(H2,41,42,47)/t30?,31-,32-/m0/s1. The van der Waals surface area contributed by atoms with Crippen LogP contribution in [0.1, 0.15) is 77.1 Å². The number of nitrogens with one attached hydrogen (secondary N) is 4. The van der Waals surface area contributed by atoms with E-state index in [1.807, 2.05) is 11.1 Å². The summed E-state index contributed by atoms with van der Waals surface area (Å²) in [7, 11) is 0. The van der Waals surface area contributed by atoms with Crippen LogP contribution in [-0.4, -0.2) is 91.4 Å². The SMILES string of the molecule is CC(C)[C@H](NC1=NCCN1)C(=O)N1CCCC1c1ncc(-c2ccc(-c3ccc(-c4cnc([C@@H]5CCCN5C(=O)C(C)(C)OC(N)=O)[nH]4)cc3)cc2)[nH]1. The Bertz CT molecular complexity index is 1980. The van der Waals surface area contributed by atoms with E-state index in [0.717, 1.165) is 71.7 Å². The summed E-state index contributed by atoms with van der Waals surface area (Å²) < 4.78 is 5.10. The molecule has 1 unspecified atom stereocenters. The van der Waals surface area contributed by atoms with Crippen molar-refractivity contribution in [3.8, 4) is 33.6 Å². The Morgan fingerprint density at radius 3 is 1.83 bits per heavy atom. The summed E-state index contributed by atoms with van der Waals surface area (Å²) in [4.78, 5) is 62.7. The number of guanidine groups is 1. The van der Waals surface area contributed by atoms with Crippen LogP contribution in [0.3, 0.4) is 0 Å². The number of aromatic nitrogens is 4. The molecule has 2 aromatic heterocycles. The number of aromatic amines is 2. The average Bonchev–Trinajstić information content (AvgIpc) is 3.99. The molecule has 0 spiro atoms. The van der Waals surface area contributed by atoms with Crippen LogP contribution in [0.4, 0.5) is 4.79 Å². The van der Waals surface area contributed by atoms with Gasteiger partial charge in [-0.3, -0.25) is 14.6 Å². The molecule has 3 aliphatic heterocycles. The van der Waals surface area contributed by atoms with Gasteiger partial charge in [-0.15, -0.1) is 0 Å². The smallest absolute Gasteiger partial charge is 0.405 e. The highest BCUT2D eigenvalue weighted by Gasteiger charge is 2.42. The topological polar surface area (TPSA) is 187 Å². The Balaban J connectivity index is 0.999. The minimum atomic E-state index is -1.36. The molecule has 5 heterocycles. The van der Waals surface area contributed by atoms with E-state index in [1.165, 1.54) is 0 Å². The van der Waals surface area contributed by atoms with Gasteiger partial charge in [0.15, 0.2) is 11.6 Å². The lowest BCUT2D eigenvalue weighted by Crippen LogP contribution is -2.53. The minimum Gasteiger partial charge on any atom is -0.434 e. The highest BCUT2D eigenvalue weighted by molar-refractivity contribution is 5.90. The number of primary amides is 1. The van der Waals surface area contributed by atoms with Gasteiger partial charge in [-0.05, 0) is 67.7 Å². The van der Waals surface area contributed by atoms with Gasteiger partial charge in [-0.25, -0.2) is 14.8 Å². The number of hydrogen-bond donors (Lipinski definition) is 5. The van der Waals surface area contributed by atoms with Gasteiger partial charge in [0.05, 0.1) is 42.4 Å². The van der Waals surface area contributed by atoms with Crippen molar-refractivity contribution >= 4 is 23.9 Å². The van der Waals surface area contributed by atoms with Gasteiger partial charge in [-0.1, -0.05) is 62.4 Å². The van der Waals surface area contributed by atoms with E-state index in [-0.39, 0.29) is 35.9 Å². The molecular weight excluding hydrogens is 672 g/mol. The fourth-order valence-electron chi connectivity index (χ4n) is 7.57. The molecule has 0 aliphatic carbocycles. The predicted octanol–water partition coefficient (Wildman–Crippen LogP) is 4.91. The summed E-state index contributed by atoms with van der Waals surface area (Å²) in [6, 6.07) is 15.9. The Morgan fingerprint density at radius 1 is 0.830 bits per heavy atom. The van der Waals surface area contributed by atoms with Crippen molar-refractivity contribution in [1.29, 1.82) is 0 Å². The van der Waals surface area contributed by atoms with Crippen LogP contribution < -0.4 is 16.4 Å². The number of imidazole rings is 2. The van der Waals surface area contributed by atoms with E-state index in [1.54, 1.807) is 24.9 Å². The maximum atomic E-state index is 13.8. The van der Waals surface area contributed by atoms with Gasteiger partial charge >= 0.3 is 6.09 Å². The average molecular weight is 721 g/mol. The second-order valence-electron chi connectivity index (χ2n) is 14.8. The van der Waals surface area contributed by atoms with Crippen molar-refractivity contribution in [2.45, 2.75) is 77.1 Å². The highest BCUT2D eigenvalue weighted by Crippen LogP contribution is 2.35.